The molecular formula is C17H24IN5. The third-order valence-electron chi connectivity index (χ3n) is 4.01. The molecule has 0 bridgehead atoms. The van der Waals surface area contributed by atoms with Gasteiger partial charge in [0.2, 0.25) is 0 Å². The number of halogens is 1. The molecule has 1 saturated heterocycles. The van der Waals surface area contributed by atoms with Gasteiger partial charge < -0.3 is 10.6 Å². The number of para-hydroxylation sites is 1. The molecule has 2 heterocycles. The van der Waals surface area contributed by atoms with Crippen molar-refractivity contribution in [3.8, 4) is 5.69 Å². The predicted octanol–water partition coefficient (Wildman–Crippen LogP) is 3.18. The van der Waals surface area contributed by atoms with Gasteiger partial charge in [-0.05, 0) is 25.0 Å². The molecule has 3 rings (SSSR count). The first kappa shape index (κ1) is 17.8. The zero-order chi connectivity index (χ0) is 15.2. The van der Waals surface area contributed by atoms with Crippen molar-refractivity contribution < 1.29 is 0 Å². The molecule has 0 radical (unpaired) electrons. The van der Waals surface area contributed by atoms with Gasteiger partial charge in [-0.2, -0.15) is 5.10 Å². The Morgan fingerprint density at radius 1 is 1.09 bits per heavy atom. The van der Waals surface area contributed by atoms with E-state index in [1.54, 1.807) is 0 Å². The number of rotatable bonds is 3. The van der Waals surface area contributed by atoms with Gasteiger partial charge in [-0.15, -0.1) is 24.0 Å². The number of nitrogens with zero attached hydrogens (tertiary/aromatic N) is 4. The summed E-state index contributed by atoms with van der Waals surface area (Å²) in [5, 5.41) is 4.38. The zero-order valence-electron chi connectivity index (χ0n) is 13.3. The van der Waals surface area contributed by atoms with Gasteiger partial charge in [0.1, 0.15) is 0 Å². The maximum Gasteiger partial charge on any atom is 0.191 e. The average molecular weight is 425 g/mol. The van der Waals surface area contributed by atoms with Crippen LogP contribution in [0.15, 0.2) is 47.7 Å². The molecule has 0 atom stereocenters. The van der Waals surface area contributed by atoms with Crippen molar-refractivity contribution >= 4 is 29.9 Å². The lowest BCUT2D eigenvalue weighted by atomic mass is 10.2. The van der Waals surface area contributed by atoms with Crippen LogP contribution in [0.25, 0.3) is 5.69 Å². The van der Waals surface area contributed by atoms with Gasteiger partial charge in [0, 0.05) is 24.8 Å². The summed E-state index contributed by atoms with van der Waals surface area (Å²) < 4.78 is 1.87. The molecule has 124 valence electrons. The van der Waals surface area contributed by atoms with Crippen LogP contribution < -0.4 is 5.73 Å². The molecule has 0 aliphatic carbocycles. The van der Waals surface area contributed by atoms with Crippen LogP contribution in [0, 0.1) is 0 Å². The molecule has 0 saturated carbocycles. The second-order valence-corrected chi connectivity index (χ2v) is 5.70. The summed E-state index contributed by atoms with van der Waals surface area (Å²) in [7, 11) is 0. The second kappa shape index (κ2) is 8.90. The van der Waals surface area contributed by atoms with Crippen molar-refractivity contribution in [1.29, 1.82) is 0 Å². The smallest absolute Gasteiger partial charge is 0.191 e. The molecule has 1 fully saturated rings. The molecule has 6 heteroatoms. The first-order chi connectivity index (χ1) is 10.8. The van der Waals surface area contributed by atoms with E-state index in [1.165, 1.54) is 25.7 Å². The van der Waals surface area contributed by atoms with Crippen molar-refractivity contribution in [2.45, 2.75) is 32.2 Å². The van der Waals surface area contributed by atoms with Gasteiger partial charge in [-0.3, -0.25) is 0 Å². The highest BCUT2D eigenvalue weighted by molar-refractivity contribution is 14.0. The number of benzene rings is 1. The van der Waals surface area contributed by atoms with Crippen molar-refractivity contribution in [2.75, 3.05) is 13.1 Å². The zero-order valence-corrected chi connectivity index (χ0v) is 15.6. The summed E-state index contributed by atoms with van der Waals surface area (Å²) >= 11 is 0. The predicted molar refractivity (Wildman–Crippen MR) is 104 cm³/mol. The lowest BCUT2D eigenvalue weighted by Gasteiger charge is -2.20. The molecule has 0 spiro atoms. The van der Waals surface area contributed by atoms with Crippen molar-refractivity contribution in [2.24, 2.45) is 10.7 Å². The highest BCUT2D eigenvalue weighted by atomic mass is 127. The van der Waals surface area contributed by atoms with Gasteiger partial charge in [0.05, 0.1) is 18.4 Å². The van der Waals surface area contributed by atoms with Gasteiger partial charge in [-0.1, -0.05) is 31.0 Å². The Bertz CT molecular complexity index is 615. The molecular weight excluding hydrogens is 401 g/mol. The number of likely N-dealkylation sites (tertiary alicyclic amines) is 1. The van der Waals surface area contributed by atoms with Crippen LogP contribution in [0.3, 0.4) is 0 Å². The maximum absolute atomic E-state index is 6.13. The van der Waals surface area contributed by atoms with Crippen LogP contribution in [-0.4, -0.2) is 33.7 Å². The number of aliphatic imine (C=N–C) groups is 1. The summed E-state index contributed by atoms with van der Waals surface area (Å²) in [6.45, 7) is 2.63. The average Bonchev–Trinajstić information content (AvgIpc) is 2.87. The standard InChI is InChI=1S/C17H23N5.HI/c18-17(21-10-6-1-2-7-11-21)19-12-15-13-20-22(14-15)16-8-4-3-5-9-16;/h3-5,8-9,13-14H,1-2,6-7,10-12H2,(H2,18,19);1H. The Balaban J connectivity index is 0.00000192. The van der Waals surface area contributed by atoms with E-state index in [9.17, 15) is 0 Å². The third-order valence-corrected chi connectivity index (χ3v) is 4.01. The molecule has 1 aromatic carbocycles. The number of aromatic nitrogens is 2. The first-order valence-electron chi connectivity index (χ1n) is 7.97. The number of hydrogen-bond acceptors (Lipinski definition) is 2. The molecule has 1 aliphatic heterocycles. The number of guanidine groups is 1. The summed E-state index contributed by atoms with van der Waals surface area (Å²) in [5.41, 5.74) is 8.26. The highest BCUT2D eigenvalue weighted by Gasteiger charge is 2.10. The summed E-state index contributed by atoms with van der Waals surface area (Å²) in [5.74, 6) is 0.661. The van der Waals surface area contributed by atoms with Crippen LogP contribution in [0.2, 0.25) is 0 Å². The fourth-order valence-corrected chi connectivity index (χ4v) is 2.74. The summed E-state index contributed by atoms with van der Waals surface area (Å²) in [6, 6.07) is 10.1. The van der Waals surface area contributed by atoms with Gasteiger partial charge in [-0.25, -0.2) is 9.67 Å². The monoisotopic (exact) mass is 425 g/mol. The van der Waals surface area contributed by atoms with Crippen molar-refractivity contribution in [1.82, 2.24) is 14.7 Å². The highest BCUT2D eigenvalue weighted by Crippen LogP contribution is 2.11. The van der Waals surface area contributed by atoms with Crippen LogP contribution in [0.4, 0.5) is 0 Å². The van der Waals surface area contributed by atoms with Crippen LogP contribution in [0.1, 0.15) is 31.2 Å². The molecule has 0 amide bonds. The SMILES string of the molecule is I.NC(=NCc1cnn(-c2ccccc2)c1)N1CCCCCC1. The molecule has 2 aromatic rings. The molecule has 2 N–H and O–H groups in total. The van der Waals surface area contributed by atoms with E-state index >= 15 is 0 Å². The lowest BCUT2D eigenvalue weighted by molar-refractivity contribution is 0.428. The van der Waals surface area contributed by atoms with E-state index in [2.05, 4.69) is 15.0 Å². The largest absolute Gasteiger partial charge is 0.370 e. The quantitative estimate of drug-likeness (QED) is 0.467. The Kier molecular flexibility index (Phi) is 6.88. The van der Waals surface area contributed by atoms with Crippen molar-refractivity contribution in [3.63, 3.8) is 0 Å². The Labute approximate surface area is 154 Å². The van der Waals surface area contributed by atoms with E-state index in [0.29, 0.717) is 12.5 Å². The molecule has 23 heavy (non-hydrogen) atoms. The normalized spacial score (nSPS) is 15.8. The summed E-state index contributed by atoms with van der Waals surface area (Å²) in [6.07, 6.45) is 8.88. The van der Waals surface area contributed by atoms with E-state index in [0.717, 1.165) is 24.3 Å². The summed E-state index contributed by atoms with van der Waals surface area (Å²) in [4.78, 5) is 6.74. The molecule has 1 aromatic heterocycles. The van der Waals surface area contributed by atoms with Gasteiger partial charge in [0.15, 0.2) is 5.96 Å². The van der Waals surface area contributed by atoms with Crippen LogP contribution in [0.5, 0.6) is 0 Å². The van der Waals surface area contributed by atoms with Crippen molar-refractivity contribution in [3.05, 3.63) is 48.3 Å². The number of nitrogens with two attached hydrogens (primary N) is 1. The third kappa shape index (κ3) is 4.95. The molecule has 5 nitrogen and oxygen atoms in total. The molecule has 1 aliphatic rings. The Morgan fingerprint density at radius 2 is 1.78 bits per heavy atom. The second-order valence-electron chi connectivity index (χ2n) is 5.70. The van der Waals surface area contributed by atoms with Gasteiger partial charge in [0.25, 0.3) is 0 Å². The van der Waals surface area contributed by atoms with E-state index in [-0.39, 0.29) is 24.0 Å². The minimum Gasteiger partial charge on any atom is -0.370 e. The Morgan fingerprint density at radius 3 is 2.48 bits per heavy atom. The van der Waals surface area contributed by atoms with E-state index in [4.69, 9.17) is 5.73 Å². The fourth-order valence-electron chi connectivity index (χ4n) is 2.74. The Hall–Kier alpha value is -1.57. The maximum atomic E-state index is 6.13. The van der Waals surface area contributed by atoms with E-state index < -0.39 is 0 Å². The van der Waals surface area contributed by atoms with Gasteiger partial charge >= 0.3 is 0 Å². The van der Waals surface area contributed by atoms with Crippen LogP contribution in [-0.2, 0) is 6.54 Å². The minimum absolute atomic E-state index is 0. The number of hydrogen-bond donors (Lipinski definition) is 1. The fraction of sp³-hybridized carbons (Fsp3) is 0.412. The van der Waals surface area contributed by atoms with Crippen LogP contribution >= 0.6 is 24.0 Å². The molecule has 0 unspecified atom stereocenters. The first-order valence-corrected chi connectivity index (χ1v) is 7.97. The lowest BCUT2D eigenvalue weighted by Crippen LogP contribution is -2.38. The minimum atomic E-state index is 0. The topological polar surface area (TPSA) is 59.4 Å². The van der Waals surface area contributed by atoms with E-state index in [1.807, 2.05) is 47.4 Å².